The van der Waals surface area contributed by atoms with Gasteiger partial charge in [-0.15, -0.1) is 0 Å². The minimum Gasteiger partial charge on any atom is -0.328 e. The number of hydrogen-bond acceptors (Lipinski definition) is 3. The minimum absolute atomic E-state index is 0.225. The fraction of sp³-hybridized carbons (Fsp3) is 0.462. The lowest BCUT2D eigenvalue weighted by Gasteiger charge is -2.07. The monoisotopic (exact) mass is 266 g/mol. The Morgan fingerprint density at radius 2 is 2.00 bits per heavy atom. The maximum absolute atomic E-state index is 11.2. The molecule has 0 spiro atoms. The molecule has 1 aromatic carbocycles. The molecule has 0 fully saturated rings. The van der Waals surface area contributed by atoms with E-state index in [1.807, 2.05) is 24.3 Å². The van der Waals surface area contributed by atoms with Crippen molar-refractivity contribution in [2.45, 2.75) is 26.3 Å². The van der Waals surface area contributed by atoms with Gasteiger partial charge in [-0.2, -0.15) is 0 Å². The molecule has 0 unspecified atom stereocenters. The van der Waals surface area contributed by atoms with E-state index in [0.29, 0.717) is 13.0 Å². The second kappa shape index (κ2) is 5.10. The van der Waals surface area contributed by atoms with Crippen molar-refractivity contribution in [3.05, 3.63) is 30.1 Å². The Balaban J connectivity index is 2.25. The number of hydrogen-bond donors (Lipinski definition) is 0. The van der Waals surface area contributed by atoms with Gasteiger partial charge in [0.2, 0.25) is 0 Å². The third-order valence-corrected chi connectivity index (χ3v) is 3.98. The maximum Gasteiger partial charge on any atom is 0.147 e. The lowest BCUT2D eigenvalue weighted by atomic mass is 10.3. The van der Waals surface area contributed by atoms with E-state index in [4.69, 9.17) is 0 Å². The Kier molecular flexibility index (Phi) is 3.71. The molecule has 0 amide bonds. The quantitative estimate of drug-likeness (QED) is 0.832. The number of fused-ring (bicyclic) bond motifs is 1. The molecule has 2 rings (SSSR count). The Labute approximate surface area is 108 Å². The summed E-state index contributed by atoms with van der Waals surface area (Å²) in [5.74, 6) is 1.24. The van der Waals surface area contributed by atoms with Crippen molar-refractivity contribution in [1.82, 2.24) is 9.55 Å². The lowest BCUT2D eigenvalue weighted by Crippen LogP contribution is -2.09. The SMILES string of the molecule is CCc1nc2ccccc2n1CCCS(C)(=O)=O. The van der Waals surface area contributed by atoms with E-state index < -0.39 is 9.84 Å². The van der Waals surface area contributed by atoms with Crippen LogP contribution in [0.5, 0.6) is 0 Å². The Bertz CT molecular complexity index is 644. The molecule has 0 atom stereocenters. The molecule has 0 bridgehead atoms. The summed E-state index contributed by atoms with van der Waals surface area (Å²) < 4.78 is 24.4. The van der Waals surface area contributed by atoms with Gasteiger partial charge in [0, 0.05) is 19.2 Å². The fourth-order valence-corrected chi connectivity index (χ4v) is 2.78. The Morgan fingerprint density at radius 1 is 1.28 bits per heavy atom. The standard InChI is InChI=1S/C13H18N2O2S/c1-3-13-14-11-7-4-5-8-12(11)15(13)9-6-10-18(2,16)17/h4-5,7-8H,3,6,9-10H2,1-2H3. The van der Waals surface area contributed by atoms with Crippen molar-refractivity contribution < 1.29 is 8.42 Å². The minimum atomic E-state index is -2.88. The van der Waals surface area contributed by atoms with Crippen molar-refractivity contribution in [3.8, 4) is 0 Å². The van der Waals surface area contributed by atoms with E-state index in [0.717, 1.165) is 23.3 Å². The number of imidazole rings is 1. The van der Waals surface area contributed by atoms with E-state index in [9.17, 15) is 8.42 Å². The number of para-hydroxylation sites is 2. The summed E-state index contributed by atoms with van der Waals surface area (Å²) in [5, 5.41) is 0. The largest absolute Gasteiger partial charge is 0.328 e. The van der Waals surface area contributed by atoms with Gasteiger partial charge in [-0.25, -0.2) is 13.4 Å². The molecule has 0 aliphatic heterocycles. The lowest BCUT2D eigenvalue weighted by molar-refractivity contribution is 0.590. The summed E-state index contributed by atoms with van der Waals surface area (Å²) in [6.45, 7) is 2.77. The number of rotatable bonds is 5. The van der Waals surface area contributed by atoms with Crippen LogP contribution in [0.3, 0.4) is 0 Å². The van der Waals surface area contributed by atoms with Crippen LogP contribution in [0.15, 0.2) is 24.3 Å². The summed E-state index contributed by atoms with van der Waals surface area (Å²) in [4.78, 5) is 4.56. The molecule has 0 saturated carbocycles. The van der Waals surface area contributed by atoms with Crippen molar-refractivity contribution in [3.63, 3.8) is 0 Å². The number of benzene rings is 1. The van der Waals surface area contributed by atoms with Gasteiger partial charge in [0.15, 0.2) is 0 Å². The summed E-state index contributed by atoms with van der Waals surface area (Å²) in [6.07, 6.45) is 2.76. The van der Waals surface area contributed by atoms with Crippen LogP contribution in [0.25, 0.3) is 11.0 Å². The summed E-state index contributed by atoms with van der Waals surface area (Å²) in [7, 11) is -2.88. The third-order valence-electron chi connectivity index (χ3n) is 2.95. The molecule has 5 heteroatoms. The van der Waals surface area contributed by atoms with Gasteiger partial charge in [-0.05, 0) is 18.6 Å². The first kappa shape index (κ1) is 13.1. The third kappa shape index (κ3) is 2.90. The van der Waals surface area contributed by atoms with Crippen LogP contribution < -0.4 is 0 Å². The number of aryl methyl sites for hydroxylation is 2. The Hall–Kier alpha value is -1.36. The average molecular weight is 266 g/mol. The second-order valence-corrected chi connectivity index (χ2v) is 6.77. The predicted octanol–water partition coefficient (Wildman–Crippen LogP) is 2.03. The number of aromatic nitrogens is 2. The molecule has 2 aromatic rings. The van der Waals surface area contributed by atoms with Gasteiger partial charge in [0.1, 0.15) is 15.7 Å². The molecule has 0 saturated heterocycles. The second-order valence-electron chi connectivity index (χ2n) is 4.51. The highest BCUT2D eigenvalue weighted by Gasteiger charge is 2.09. The van der Waals surface area contributed by atoms with Gasteiger partial charge in [0.05, 0.1) is 16.8 Å². The van der Waals surface area contributed by atoms with Crippen LogP contribution in [-0.4, -0.2) is 30.0 Å². The van der Waals surface area contributed by atoms with Crippen molar-refractivity contribution in [2.24, 2.45) is 0 Å². The molecule has 1 heterocycles. The number of sulfone groups is 1. The Morgan fingerprint density at radius 3 is 2.67 bits per heavy atom. The van der Waals surface area contributed by atoms with Crippen LogP contribution in [0.4, 0.5) is 0 Å². The zero-order valence-electron chi connectivity index (χ0n) is 10.8. The first-order valence-corrected chi connectivity index (χ1v) is 8.19. The van der Waals surface area contributed by atoms with E-state index >= 15 is 0 Å². The van der Waals surface area contributed by atoms with Gasteiger partial charge in [-0.3, -0.25) is 0 Å². The summed E-state index contributed by atoms with van der Waals surface area (Å²) in [5.41, 5.74) is 2.07. The first-order valence-electron chi connectivity index (χ1n) is 6.13. The number of nitrogens with zero attached hydrogens (tertiary/aromatic N) is 2. The molecular weight excluding hydrogens is 248 g/mol. The van der Waals surface area contributed by atoms with Crippen LogP contribution >= 0.6 is 0 Å². The van der Waals surface area contributed by atoms with E-state index in [1.54, 1.807) is 0 Å². The molecule has 98 valence electrons. The van der Waals surface area contributed by atoms with Gasteiger partial charge >= 0.3 is 0 Å². The summed E-state index contributed by atoms with van der Waals surface area (Å²) in [6, 6.07) is 7.97. The molecule has 4 nitrogen and oxygen atoms in total. The normalized spacial score (nSPS) is 12.1. The molecule has 0 aliphatic rings. The molecular formula is C13H18N2O2S. The first-order chi connectivity index (χ1) is 8.51. The smallest absolute Gasteiger partial charge is 0.147 e. The average Bonchev–Trinajstić information content (AvgIpc) is 2.66. The van der Waals surface area contributed by atoms with Crippen LogP contribution in [-0.2, 0) is 22.8 Å². The van der Waals surface area contributed by atoms with Gasteiger partial charge < -0.3 is 4.57 Å². The van der Waals surface area contributed by atoms with Gasteiger partial charge in [-0.1, -0.05) is 19.1 Å². The zero-order chi connectivity index (χ0) is 13.2. The highest BCUT2D eigenvalue weighted by atomic mass is 32.2. The zero-order valence-corrected chi connectivity index (χ0v) is 11.6. The molecule has 18 heavy (non-hydrogen) atoms. The van der Waals surface area contributed by atoms with E-state index in [-0.39, 0.29) is 5.75 Å². The van der Waals surface area contributed by atoms with Crippen LogP contribution in [0.1, 0.15) is 19.2 Å². The highest BCUT2D eigenvalue weighted by Crippen LogP contribution is 2.17. The predicted molar refractivity (Wildman–Crippen MR) is 73.4 cm³/mol. The van der Waals surface area contributed by atoms with E-state index in [1.165, 1.54) is 6.26 Å². The summed E-state index contributed by atoms with van der Waals surface area (Å²) >= 11 is 0. The maximum atomic E-state index is 11.2. The molecule has 0 aliphatic carbocycles. The molecule has 1 aromatic heterocycles. The van der Waals surface area contributed by atoms with Gasteiger partial charge in [0.25, 0.3) is 0 Å². The van der Waals surface area contributed by atoms with E-state index in [2.05, 4.69) is 16.5 Å². The highest BCUT2D eigenvalue weighted by molar-refractivity contribution is 7.90. The fourth-order valence-electron chi connectivity index (χ4n) is 2.13. The molecule has 0 radical (unpaired) electrons. The van der Waals surface area contributed by atoms with Crippen LogP contribution in [0.2, 0.25) is 0 Å². The van der Waals surface area contributed by atoms with Crippen LogP contribution in [0, 0.1) is 0 Å². The topological polar surface area (TPSA) is 52.0 Å². The van der Waals surface area contributed by atoms with Crippen molar-refractivity contribution in [2.75, 3.05) is 12.0 Å². The molecule has 0 N–H and O–H groups in total. The van der Waals surface area contributed by atoms with Crippen molar-refractivity contribution in [1.29, 1.82) is 0 Å². The van der Waals surface area contributed by atoms with Crippen molar-refractivity contribution >= 4 is 20.9 Å².